The Morgan fingerprint density at radius 3 is 2.71 bits per heavy atom. The van der Waals surface area contributed by atoms with E-state index in [2.05, 4.69) is 10.3 Å². The van der Waals surface area contributed by atoms with E-state index in [1.54, 1.807) is 17.5 Å². The molecule has 88 valence electrons. The lowest BCUT2D eigenvalue weighted by atomic mass is 10.1. The van der Waals surface area contributed by atoms with Crippen LogP contribution in [0.4, 0.5) is 5.69 Å². The van der Waals surface area contributed by atoms with Gasteiger partial charge in [0.05, 0.1) is 5.01 Å². The van der Waals surface area contributed by atoms with E-state index < -0.39 is 0 Å². The third-order valence-corrected chi connectivity index (χ3v) is 3.22. The maximum Gasteiger partial charge on any atom is 0.239 e. The predicted molar refractivity (Wildman–Crippen MR) is 70.7 cm³/mol. The molecule has 1 aromatic heterocycles. The molecule has 0 aliphatic carbocycles. The van der Waals surface area contributed by atoms with Gasteiger partial charge < -0.3 is 5.32 Å². The first-order valence-corrected chi connectivity index (χ1v) is 6.52. The standard InChI is InChI=1S/C12H11ClN2OS/c13-8-11(16)15-10-3-1-9(2-4-10)7-12-14-5-6-17-12/h1-6H,7-8H2,(H,15,16). The number of alkyl halides is 1. The maximum atomic E-state index is 11.1. The van der Waals surface area contributed by atoms with Crippen molar-refractivity contribution in [1.82, 2.24) is 4.98 Å². The summed E-state index contributed by atoms with van der Waals surface area (Å²) in [5.74, 6) is -0.222. The van der Waals surface area contributed by atoms with Crippen molar-refractivity contribution in [3.8, 4) is 0 Å². The lowest BCUT2D eigenvalue weighted by molar-refractivity contribution is -0.113. The lowest BCUT2D eigenvalue weighted by Gasteiger charge is -2.04. The molecule has 1 heterocycles. The molecule has 3 nitrogen and oxygen atoms in total. The Morgan fingerprint density at radius 2 is 2.12 bits per heavy atom. The second kappa shape index (κ2) is 5.80. The molecule has 17 heavy (non-hydrogen) atoms. The number of aromatic nitrogens is 1. The highest BCUT2D eigenvalue weighted by Crippen LogP contribution is 2.14. The van der Waals surface area contributed by atoms with Crippen LogP contribution >= 0.6 is 22.9 Å². The molecule has 0 spiro atoms. The molecule has 0 fully saturated rings. The third-order valence-electron chi connectivity index (χ3n) is 2.20. The van der Waals surface area contributed by atoms with E-state index in [1.807, 2.05) is 29.6 Å². The van der Waals surface area contributed by atoms with E-state index in [-0.39, 0.29) is 11.8 Å². The molecule has 5 heteroatoms. The zero-order chi connectivity index (χ0) is 12.1. The molecule has 0 aliphatic rings. The van der Waals surface area contributed by atoms with Gasteiger partial charge in [-0.2, -0.15) is 0 Å². The van der Waals surface area contributed by atoms with E-state index in [0.717, 1.165) is 17.1 Å². The smallest absolute Gasteiger partial charge is 0.239 e. The van der Waals surface area contributed by atoms with Crippen molar-refractivity contribution in [2.24, 2.45) is 0 Å². The van der Waals surface area contributed by atoms with Crippen LogP contribution in [-0.4, -0.2) is 16.8 Å². The monoisotopic (exact) mass is 266 g/mol. The van der Waals surface area contributed by atoms with E-state index in [1.165, 1.54) is 5.56 Å². The van der Waals surface area contributed by atoms with Crippen LogP contribution in [0.25, 0.3) is 0 Å². The molecule has 0 radical (unpaired) electrons. The molecule has 1 N–H and O–H groups in total. The van der Waals surface area contributed by atoms with Gasteiger partial charge in [-0.3, -0.25) is 4.79 Å². The summed E-state index contributed by atoms with van der Waals surface area (Å²) in [6, 6.07) is 7.69. The molecule has 0 unspecified atom stereocenters. The van der Waals surface area contributed by atoms with Gasteiger partial charge in [0.25, 0.3) is 0 Å². The molecule has 2 rings (SSSR count). The number of hydrogen-bond acceptors (Lipinski definition) is 3. The van der Waals surface area contributed by atoms with Gasteiger partial charge in [-0.1, -0.05) is 12.1 Å². The molecule has 0 aliphatic heterocycles. The Morgan fingerprint density at radius 1 is 1.35 bits per heavy atom. The molecule has 0 saturated carbocycles. The van der Waals surface area contributed by atoms with Gasteiger partial charge in [0.1, 0.15) is 5.88 Å². The van der Waals surface area contributed by atoms with Gasteiger partial charge in [-0.05, 0) is 17.7 Å². The van der Waals surface area contributed by atoms with Crippen molar-refractivity contribution in [1.29, 1.82) is 0 Å². The summed E-state index contributed by atoms with van der Waals surface area (Å²) >= 11 is 7.05. The summed E-state index contributed by atoms with van der Waals surface area (Å²) in [7, 11) is 0. The average Bonchev–Trinajstić information content (AvgIpc) is 2.84. The van der Waals surface area contributed by atoms with Crippen LogP contribution in [0.15, 0.2) is 35.8 Å². The van der Waals surface area contributed by atoms with Crippen LogP contribution in [0.3, 0.4) is 0 Å². The first-order valence-electron chi connectivity index (χ1n) is 5.11. The van der Waals surface area contributed by atoms with Gasteiger partial charge >= 0.3 is 0 Å². The number of amides is 1. The minimum absolute atomic E-state index is 0.0269. The topological polar surface area (TPSA) is 42.0 Å². The van der Waals surface area contributed by atoms with E-state index >= 15 is 0 Å². The predicted octanol–water partition coefficient (Wildman–Crippen LogP) is 2.91. The number of anilines is 1. The van der Waals surface area contributed by atoms with Crippen LogP contribution < -0.4 is 5.32 Å². The number of thiazole rings is 1. The molecular formula is C12H11ClN2OS. The normalized spacial score (nSPS) is 10.2. The molecule has 1 amide bonds. The molecule has 0 atom stereocenters. The van der Waals surface area contributed by atoms with Crippen molar-refractivity contribution < 1.29 is 4.79 Å². The van der Waals surface area contributed by atoms with Gasteiger partial charge in [0.15, 0.2) is 0 Å². The van der Waals surface area contributed by atoms with Gasteiger partial charge in [-0.15, -0.1) is 22.9 Å². The first kappa shape index (κ1) is 12.1. The second-order valence-electron chi connectivity index (χ2n) is 3.48. The fraction of sp³-hybridized carbons (Fsp3) is 0.167. The van der Waals surface area contributed by atoms with Crippen molar-refractivity contribution in [2.45, 2.75) is 6.42 Å². The average molecular weight is 267 g/mol. The minimum Gasteiger partial charge on any atom is -0.325 e. The highest BCUT2D eigenvalue weighted by Gasteiger charge is 2.01. The summed E-state index contributed by atoms with van der Waals surface area (Å²) in [4.78, 5) is 15.3. The quantitative estimate of drug-likeness (QED) is 0.865. The Bertz CT molecular complexity index is 482. The number of carbonyl (C=O) groups is 1. The van der Waals surface area contributed by atoms with E-state index in [0.29, 0.717) is 0 Å². The number of nitrogens with one attached hydrogen (secondary N) is 1. The number of benzene rings is 1. The number of nitrogens with zero attached hydrogens (tertiary/aromatic N) is 1. The third kappa shape index (κ3) is 3.54. The number of rotatable bonds is 4. The van der Waals surface area contributed by atoms with E-state index in [4.69, 9.17) is 11.6 Å². The van der Waals surface area contributed by atoms with Crippen LogP contribution in [0.2, 0.25) is 0 Å². The highest BCUT2D eigenvalue weighted by atomic mass is 35.5. The van der Waals surface area contributed by atoms with Crippen LogP contribution in [0.5, 0.6) is 0 Å². The fourth-order valence-corrected chi connectivity index (χ4v) is 2.13. The van der Waals surface area contributed by atoms with Crippen molar-refractivity contribution in [3.05, 3.63) is 46.4 Å². The second-order valence-corrected chi connectivity index (χ2v) is 4.73. The number of halogens is 1. The summed E-state index contributed by atoms with van der Waals surface area (Å²) in [5.41, 5.74) is 1.93. The fourth-order valence-electron chi connectivity index (χ4n) is 1.42. The summed E-state index contributed by atoms with van der Waals surface area (Å²) in [6.07, 6.45) is 2.62. The molecule has 1 aromatic carbocycles. The van der Waals surface area contributed by atoms with Crippen molar-refractivity contribution in [2.75, 3.05) is 11.2 Å². The Hall–Kier alpha value is -1.39. The molecule has 0 bridgehead atoms. The van der Waals surface area contributed by atoms with E-state index in [9.17, 15) is 4.79 Å². The number of carbonyl (C=O) groups excluding carboxylic acids is 1. The summed E-state index contributed by atoms with van der Waals surface area (Å²) in [6.45, 7) is 0. The Labute approximate surface area is 108 Å². The minimum atomic E-state index is -0.195. The van der Waals surface area contributed by atoms with Crippen LogP contribution in [-0.2, 0) is 11.2 Å². The highest BCUT2D eigenvalue weighted by molar-refractivity contribution is 7.09. The lowest BCUT2D eigenvalue weighted by Crippen LogP contribution is -2.12. The molecule has 0 saturated heterocycles. The Kier molecular flexibility index (Phi) is 4.12. The van der Waals surface area contributed by atoms with Crippen LogP contribution in [0.1, 0.15) is 10.6 Å². The summed E-state index contributed by atoms with van der Waals surface area (Å²) < 4.78 is 0. The van der Waals surface area contributed by atoms with Gasteiger partial charge in [0, 0.05) is 23.7 Å². The first-order chi connectivity index (χ1) is 8.28. The Balaban J connectivity index is 2.00. The SMILES string of the molecule is O=C(CCl)Nc1ccc(Cc2nccs2)cc1. The van der Waals surface area contributed by atoms with Crippen molar-refractivity contribution >= 4 is 34.5 Å². The molecular weight excluding hydrogens is 256 g/mol. The largest absolute Gasteiger partial charge is 0.325 e. The molecule has 2 aromatic rings. The summed E-state index contributed by atoms with van der Waals surface area (Å²) in [5, 5.41) is 5.74. The number of hydrogen-bond donors (Lipinski definition) is 1. The van der Waals surface area contributed by atoms with Crippen molar-refractivity contribution in [3.63, 3.8) is 0 Å². The van der Waals surface area contributed by atoms with Gasteiger partial charge in [0.2, 0.25) is 5.91 Å². The van der Waals surface area contributed by atoms with Crippen LogP contribution in [0, 0.1) is 0 Å². The maximum absolute atomic E-state index is 11.1. The van der Waals surface area contributed by atoms with Gasteiger partial charge in [-0.25, -0.2) is 4.98 Å². The zero-order valence-electron chi connectivity index (χ0n) is 9.02. The zero-order valence-corrected chi connectivity index (χ0v) is 10.6.